The molecule has 1 aromatic heterocycles. The molecule has 1 N–H and O–H groups in total. The summed E-state index contributed by atoms with van der Waals surface area (Å²) in [6, 6.07) is 4.70. The summed E-state index contributed by atoms with van der Waals surface area (Å²) in [4.78, 5) is 11.9. The van der Waals surface area contributed by atoms with Crippen LogP contribution in [-0.2, 0) is 38.3 Å². The normalized spacial score (nSPS) is 18.8. The van der Waals surface area contributed by atoms with Crippen molar-refractivity contribution in [3.05, 3.63) is 35.2 Å². The summed E-state index contributed by atoms with van der Waals surface area (Å²) < 4.78 is 57.4. The minimum Gasteiger partial charge on any atom is -0.326 e. The van der Waals surface area contributed by atoms with E-state index in [-0.39, 0.29) is 41.9 Å². The Balaban J connectivity index is 1.56. The first-order chi connectivity index (χ1) is 15.0. The number of amides is 1. The van der Waals surface area contributed by atoms with Crippen molar-refractivity contribution in [2.24, 2.45) is 7.05 Å². The summed E-state index contributed by atoms with van der Waals surface area (Å²) >= 11 is 0. The van der Waals surface area contributed by atoms with E-state index in [9.17, 15) is 21.6 Å². The lowest BCUT2D eigenvalue weighted by molar-refractivity contribution is -0.116. The van der Waals surface area contributed by atoms with Crippen LogP contribution in [0.15, 0.2) is 28.0 Å². The Kier molecular flexibility index (Phi) is 5.90. The number of aromatic nitrogens is 2. The Morgan fingerprint density at radius 1 is 0.938 bits per heavy atom. The highest BCUT2D eigenvalue weighted by Crippen LogP contribution is 2.28. The zero-order chi connectivity index (χ0) is 23.3. The van der Waals surface area contributed by atoms with Gasteiger partial charge in [0, 0.05) is 45.3 Å². The molecule has 0 radical (unpaired) electrons. The molecule has 12 heteroatoms. The van der Waals surface area contributed by atoms with E-state index in [0.29, 0.717) is 36.3 Å². The van der Waals surface area contributed by atoms with Gasteiger partial charge in [0.15, 0.2) is 0 Å². The van der Waals surface area contributed by atoms with Gasteiger partial charge in [0.1, 0.15) is 4.90 Å². The Morgan fingerprint density at radius 3 is 2.22 bits per heavy atom. The maximum atomic E-state index is 13.3. The van der Waals surface area contributed by atoms with Crippen molar-refractivity contribution in [3.8, 4) is 0 Å². The van der Waals surface area contributed by atoms with Crippen LogP contribution in [0, 0.1) is 13.8 Å². The van der Waals surface area contributed by atoms with Crippen LogP contribution in [-0.4, -0.2) is 67.3 Å². The second-order valence-corrected chi connectivity index (χ2v) is 12.0. The fourth-order valence-electron chi connectivity index (χ4n) is 4.28. The molecule has 0 bridgehead atoms. The Labute approximate surface area is 188 Å². The Morgan fingerprint density at radius 2 is 1.59 bits per heavy atom. The maximum Gasteiger partial charge on any atom is 0.246 e. The Bertz CT molecular complexity index is 1280. The quantitative estimate of drug-likeness (QED) is 0.696. The molecule has 2 aliphatic heterocycles. The van der Waals surface area contributed by atoms with Crippen molar-refractivity contribution in [2.75, 3.05) is 31.5 Å². The van der Waals surface area contributed by atoms with E-state index >= 15 is 0 Å². The number of carbonyl (C=O) groups is 1. The lowest BCUT2D eigenvalue weighted by Crippen LogP contribution is -2.37. The first-order valence-electron chi connectivity index (χ1n) is 10.4. The fraction of sp³-hybridized carbons (Fsp3) is 0.500. The van der Waals surface area contributed by atoms with Gasteiger partial charge in [-0.3, -0.25) is 9.48 Å². The van der Waals surface area contributed by atoms with Crippen molar-refractivity contribution < 1.29 is 21.6 Å². The SMILES string of the molecule is Cc1nn(C)c(C)c1S(=O)(=O)N1CCCN(S(=O)(=O)c2ccc3c(c2)CCC(=O)N3)CC1. The smallest absolute Gasteiger partial charge is 0.246 e. The first-order valence-corrected chi connectivity index (χ1v) is 13.3. The summed E-state index contributed by atoms with van der Waals surface area (Å²) in [6.45, 7) is 3.96. The van der Waals surface area contributed by atoms with Crippen molar-refractivity contribution >= 4 is 31.6 Å². The molecule has 2 aliphatic rings. The average Bonchev–Trinajstić information content (AvgIpc) is 2.91. The molecule has 32 heavy (non-hydrogen) atoms. The van der Waals surface area contributed by atoms with Crippen molar-refractivity contribution in [2.45, 2.75) is 42.9 Å². The maximum absolute atomic E-state index is 13.3. The van der Waals surface area contributed by atoms with Crippen LogP contribution in [0.1, 0.15) is 29.8 Å². The molecule has 3 heterocycles. The van der Waals surface area contributed by atoms with Crippen molar-refractivity contribution in [3.63, 3.8) is 0 Å². The molecule has 0 saturated carbocycles. The van der Waals surface area contributed by atoms with Crippen LogP contribution < -0.4 is 5.32 Å². The molecule has 1 saturated heterocycles. The predicted octanol–water partition coefficient (Wildman–Crippen LogP) is 1.01. The molecule has 4 rings (SSSR count). The minimum absolute atomic E-state index is 0.0632. The number of fused-ring (bicyclic) bond motifs is 1. The Hall–Kier alpha value is -2.28. The fourth-order valence-corrected chi connectivity index (χ4v) is 7.67. The van der Waals surface area contributed by atoms with E-state index in [1.54, 1.807) is 33.0 Å². The van der Waals surface area contributed by atoms with E-state index in [1.165, 1.54) is 19.4 Å². The predicted molar refractivity (Wildman–Crippen MR) is 118 cm³/mol. The number of rotatable bonds is 4. The second-order valence-electron chi connectivity index (χ2n) is 8.15. The molecule has 1 amide bonds. The third-order valence-corrected chi connectivity index (χ3v) is 10.1. The van der Waals surface area contributed by atoms with E-state index in [1.807, 2.05) is 0 Å². The number of benzene rings is 1. The lowest BCUT2D eigenvalue weighted by atomic mass is 10.0. The molecule has 0 atom stereocenters. The van der Waals surface area contributed by atoms with Crippen LogP contribution in [0.4, 0.5) is 5.69 Å². The number of hydrogen-bond acceptors (Lipinski definition) is 6. The van der Waals surface area contributed by atoms with Crippen LogP contribution >= 0.6 is 0 Å². The molecule has 10 nitrogen and oxygen atoms in total. The summed E-state index contributed by atoms with van der Waals surface area (Å²) in [5.74, 6) is -0.0824. The van der Waals surface area contributed by atoms with Crippen LogP contribution in [0.2, 0.25) is 0 Å². The van der Waals surface area contributed by atoms with Gasteiger partial charge in [0.05, 0.1) is 16.3 Å². The molecule has 174 valence electrons. The number of nitrogens with one attached hydrogen (secondary N) is 1. The standard InChI is InChI=1S/C20H27N5O5S2/c1-14-20(15(2)23(3)22-14)32(29,30)25-10-4-9-24(11-12-25)31(27,28)17-6-7-18-16(13-17)5-8-19(26)21-18/h6-7,13H,4-5,8-12H2,1-3H3,(H,21,26). The number of sulfonamides is 2. The summed E-state index contributed by atoms with van der Waals surface area (Å²) in [5, 5.41) is 6.96. The van der Waals surface area contributed by atoms with E-state index in [4.69, 9.17) is 0 Å². The summed E-state index contributed by atoms with van der Waals surface area (Å²) in [5.41, 5.74) is 2.40. The third-order valence-electron chi connectivity index (χ3n) is 6.06. The number of carbonyl (C=O) groups excluding carboxylic acids is 1. The molecular formula is C20H27N5O5S2. The van der Waals surface area contributed by atoms with Crippen LogP contribution in [0.3, 0.4) is 0 Å². The molecule has 2 aromatic rings. The van der Waals surface area contributed by atoms with Gasteiger partial charge in [0.2, 0.25) is 26.0 Å². The second kappa shape index (κ2) is 8.25. The van der Waals surface area contributed by atoms with Gasteiger partial charge in [-0.15, -0.1) is 0 Å². The summed E-state index contributed by atoms with van der Waals surface area (Å²) in [7, 11) is -5.89. The first kappa shape index (κ1) is 22.9. The van der Waals surface area contributed by atoms with Gasteiger partial charge in [-0.05, 0) is 50.5 Å². The van der Waals surface area contributed by atoms with Crippen LogP contribution in [0.25, 0.3) is 0 Å². The topological polar surface area (TPSA) is 122 Å². The molecule has 0 aliphatic carbocycles. The third kappa shape index (κ3) is 3.96. The van der Waals surface area contributed by atoms with Crippen molar-refractivity contribution in [1.29, 1.82) is 0 Å². The van der Waals surface area contributed by atoms with Gasteiger partial charge in [-0.1, -0.05) is 0 Å². The number of nitrogens with zero attached hydrogens (tertiary/aromatic N) is 4. The number of anilines is 1. The van der Waals surface area contributed by atoms with Gasteiger partial charge < -0.3 is 5.32 Å². The molecule has 0 unspecified atom stereocenters. The largest absolute Gasteiger partial charge is 0.326 e. The molecule has 0 spiro atoms. The lowest BCUT2D eigenvalue weighted by Gasteiger charge is -2.23. The highest BCUT2D eigenvalue weighted by molar-refractivity contribution is 7.89. The number of hydrogen-bond donors (Lipinski definition) is 1. The average molecular weight is 482 g/mol. The molecule has 1 fully saturated rings. The zero-order valence-electron chi connectivity index (χ0n) is 18.3. The monoisotopic (exact) mass is 481 g/mol. The van der Waals surface area contributed by atoms with E-state index < -0.39 is 20.0 Å². The molecule has 1 aromatic carbocycles. The minimum atomic E-state index is -3.80. The van der Waals surface area contributed by atoms with Crippen molar-refractivity contribution in [1.82, 2.24) is 18.4 Å². The van der Waals surface area contributed by atoms with E-state index in [0.717, 1.165) is 5.56 Å². The van der Waals surface area contributed by atoms with Gasteiger partial charge in [0.25, 0.3) is 0 Å². The number of aryl methyl sites for hydroxylation is 3. The van der Waals surface area contributed by atoms with Gasteiger partial charge in [-0.2, -0.15) is 13.7 Å². The molecular weight excluding hydrogens is 454 g/mol. The summed E-state index contributed by atoms with van der Waals surface area (Å²) in [6.07, 6.45) is 1.19. The highest BCUT2D eigenvalue weighted by Gasteiger charge is 2.34. The zero-order valence-corrected chi connectivity index (χ0v) is 20.0. The van der Waals surface area contributed by atoms with E-state index in [2.05, 4.69) is 10.4 Å². The van der Waals surface area contributed by atoms with Gasteiger partial charge >= 0.3 is 0 Å². The highest BCUT2D eigenvalue weighted by atomic mass is 32.2. The van der Waals surface area contributed by atoms with Gasteiger partial charge in [-0.25, -0.2) is 16.8 Å². The van der Waals surface area contributed by atoms with Crippen LogP contribution in [0.5, 0.6) is 0 Å².